The molecule has 12 heavy (non-hydrogen) atoms. The van der Waals surface area contributed by atoms with Gasteiger partial charge in [0.2, 0.25) is 0 Å². The third-order valence-corrected chi connectivity index (χ3v) is 3.16. The second kappa shape index (κ2) is 4.18. The molecular formula is C8H9O2S2. The van der Waals surface area contributed by atoms with Crippen molar-refractivity contribution in [1.82, 2.24) is 0 Å². The molecular weight excluding hydrogens is 192 g/mol. The fourth-order valence-electron chi connectivity index (χ4n) is 0.770. The molecule has 2 unspecified atom stereocenters. The SMILES string of the molecule is C[S+]([O-])c1[c]ccc([S+](C)[O-])c1. The minimum atomic E-state index is -1.05. The summed E-state index contributed by atoms with van der Waals surface area (Å²) in [7, 11) is 0. The van der Waals surface area contributed by atoms with Gasteiger partial charge in [-0.3, -0.25) is 0 Å². The monoisotopic (exact) mass is 201 g/mol. The van der Waals surface area contributed by atoms with Crippen LogP contribution in [0.2, 0.25) is 0 Å². The van der Waals surface area contributed by atoms with Crippen LogP contribution in [0.15, 0.2) is 28.0 Å². The highest BCUT2D eigenvalue weighted by molar-refractivity contribution is 7.91. The lowest BCUT2D eigenvalue weighted by Crippen LogP contribution is -2.01. The van der Waals surface area contributed by atoms with Gasteiger partial charge < -0.3 is 9.11 Å². The van der Waals surface area contributed by atoms with Crippen molar-refractivity contribution in [3.8, 4) is 0 Å². The Balaban J connectivity index is 2.96. The van der Waals surface area contributed by atoms with Crippen molar-refractivity contribution in [3.05, 3.63) is 24.3 Å². The summed E-state index contributed by atoms with van der Waals surface area (Å²) >= 11 is -2.06. The van der Waals surface area contributed by atoms with Crippen LogP contribution in [0.25, 0.3) is 0 Å². The first kappa shape index (κ1) is 9.92. The third-order valence-electron chi connectivity index (χ3n) is 1.39. The molecule has 1 aromatic rings. The maximum absolute atomic E-state index is 11.0. The molecule has 65 valence electrons. The van der Waals surface area contributed by atoms with Gasteiger partial charge in [-0.05, 0) is 34.5 Å². The highest BCUT2D eigenvalue weighted by Crippen LogP contribution is 2.14. The van der Waals surface area contributed by atoms with Crippen molar-refractivity contribution in [1.29, 1.82) is 0 Å². The molecule has 0 saturated carbocycles. The normalized spacial score (nSPS) is 15.7. The quantitative estimate of drug-likeness (QED) is 0.669. The van der Waals surface area contributed by atoms with E-state index in [2.05, 4.69) is 6.07 Å². The van der Waals surface area contributed by atoms with Gasteiger partial charge in [-0.1, -0.05) is 0 Å². The highest BCUT2D eigenvalue weighted by Gasteiger charge is 2.10. The second-order valence-corrected chi connectivity index (χ2v) is 5.02. The van der Waals surface area contributed by atoms with Gasteiger partial charge in [0.15, 0.2) is 9.79 Å². The molecule has 0 N–H and O–H groups in total. The summed E-state index contributed by atoms with van der Waals surface area (Å²) < 4.78 is 22.0. The number of hydrogen-bond acceptors (Lipinski definition) is 2. The molecule has 0 amide bonds. The Labute approximate surface area is 78.4 Å². The Morgan fingerprint density at radius 3 is 2.42 bits per heavy atom. The second-order valence-electron chi connectivity index (χ2n) is 2.30. The fourth-order valence-corrected chi connectivity index (χ4v) is 1.91. The predicted molar refractivity (Wildman–Crippen MR) is 49.9 cm³/mol. The summed E-state index contributed by atoms with van der Waals surface area (Å²) in [5.74, 6) is 0. The Kier molecular flexibility index (Phi) is 3.46. The summed E-state index contributed by atoms with van der Waals surface area (Å²) in [5, 5.41) is 0. The molecule has 0 aromatic heterocycles. The first-order chi connectivity index (χ1) is 5.61. The minimum Gasteiger partial charge on any atom is -0.612 e. The van der Waals surface area contributed by atoms with Crippen molar-refractivity contribution in [2.75, 3.05) is 12.5 Å². The van der Waals surface area contributed by atoms with Gasteiger partial charge >= 0.3 is 0 Å². The standard InChI is InChI=1S/C8H9O2S2/c1-11(9)7-4-3-5-8(6-7)12(2)10/h3-4,6H,1-2H3. The minimum absolute atomic E-state index is 0.600. The van der Waals surface area contributed by atoms with Crippen molar-refractivity contribution < 1.29 is 9.11 Å². The molecule has 0 aliphatic carbocycles. The molecule has 0 aliphatic heterocycles. The topological polar surface area (TPSA) is 46.1 Å². The lowest BCUT2D eigenvalue weighted by molar-refractivity contribution is 0.598. The third kappa shape index (κ3) is 2.42. The molecule has 0 saturated heterocycles. The predicted octanol–water partition coefficient (Wildman–Crippen LogP) is 0.962. The van der Waals surface area contributed by atoms with E-state index in [9.17, 15) is 9.11 Å². The maximum atomic E-state index is 11.0. The van der Waals surface area contributed by atoms with Crippen molar-refractivity contribution in [2.24, 2.45) is 0 Å². The molecule has 0 aliphatic rings. The van der Waals surface area contributed by atoms with E-state index in [4.69, 9.17) is 0 Å². The van der Waals surface area contributed by atoms with Crippen LogP contribution in [0.1, 0.15) is 0 Å². The zero-order valence-corrected chi connectivity index (χ0v) is 8.50. The average molecular weight is 201 g/mol. The lowest BCUT2D eigenvalue weighted by atomic mass is 10.4. The van der Waals surface area contributed by atoms with Crippen LogP contribution in [-0.4, -0.2) is 21.6 Å². The van der Waals surface area contributed by atoms with Crippen molar-refractivity contribution in [2.45, 2.75) is 9.79 Å². The summed E-state index contributed by atoms with van der Waals surface area (Å²) in [4.78, 5) is 1.29. The van der Waals surface area contributed by atoms with E-state index in [1.807, 2.05) is 0 Å². The van der Waals surface area contributed by atoms with Crippen LogP contribution in [0.5, 0.6) is 0 Å². The number of hydrogen-bond donors (Lipinski definition) is 0. The smallest absolute Gasteiger partial charge is 0.165 e. The molecule has 1 rings (SSSR count). The van der Waals surface area contributed by atoms with Gasteiger partial charge in [0.1, 0.15) is 12.5 Å². The Morgan fingerprint density at radius 1 is 1.25 bits per heavy atom. The molecule has 0 spiro atoms. The Morgan fingerprint density at radius 2 is 1.92 bits per heavy atom. The number of rotatable bonds is 2. The molecule has 1 radical (unpaired) electrons. The molecule has 1 aromatic carbocycles. The van der Waals surface area contributed by atoms with Crippen LogP contribution in [0, 0.1) is 6.07 Å². The van der Waals surface area contributed by atoms with E-state index in [0.717, 1.165) is 0 Å². The summed E-state index contributed by atoms with van der Waals surface area (Å²) in [6, 6.07) is 7.85. The molecule has 2 nitrogen and oxygen atoms in total. The lowest BCUT2D eigenvalue weighted by Gasteiger charge is -2.06. The summed E-state index contributed by atoms with van der Waals surface area (Å²) in [5.41, 5.74) is 0. The maximum Gasteiger partial charge on any atom is 0.165 e. The van der Waals surface area contributed by atoms with Crippen LogP contribution in [0.3, 0.4) is 0 Å². The van der Waals surface area contributed by atoms with Gasteiger partial charge in [-0.15, -0.1) is 0 Å². The van der Waals surface area contributed by atoms with Crippen molar-refractivity contribution >= 4 is 22.4 Å². The highest BCUT2D eigenvalue weighted by atomic mass is 32.2. The largest absolute Gasteiger partial charge is 0.612 e. The van der Waals surface area contributed by atoms with Crippen LogP contribution in [-0.2, 0) is 22.4 Å². The van der Waals surface area contributed by atoms with Gasteiger partial charge in [0.05, 0.1) is 0 Å². The number of benzene rings is 1. The summed E-state index contributed by atoms with van der Waals surface area (Å²) in [6.07, 6.45) is 3.17. The van der Waals surface area contributed by atoms with Gasteiger partial charge in [-0.2, -0.15) is 0 Å². The van der Waals surface area contributed by atoms with E-state index in [0.29, 0.717) is 9.79 Å². The first-order valence-corrected chi connectivity index (χ1v) is 6.41. The Bertz CT molecular complexity index is 238. The molecule has 0 bridgehead atoms. The van der Waals surface area contributed by atoms with E-state index >= 15 is 0 Å². The zero-order chi connectivity index (χ0) is 9.14. The van der Waals surface area contributed by atoms with Gasteiger partial charge in [0, 0.05) is 12.1 Å². The van der Waals surface area contributed by atoms with Crippen LogP contribution in [0.4, 0.5) is 0 Å². The average Bonchev–Trinajstić information content (AvgIpc) is 2.04. The zero-order valence-electron chi connectivity index (χ0n) is 6.87. The molecule has 2 atom stereocenters. The van der Waals surface area contributed by atoms with Crippen LogP contribution < -0.4 is 0 Å². The summed E-state index contributed by atoms with van der Waals surface area (Å²) in [6.45, 7) is 0. The molecule has 0 heterocycles. The Hall–Kier alpha value is -0.160. The van der Waals surface area contributed by atoms with Gasteiger partial charge in [-0.25, -0.2) is 0 Å². The molecule has 0 fully saturated rings. The van der Waals surface area contributed by atoms with E-state index in [1.165, 1.54) is 0 Å². The van der Waals surface area contributed by atoms with E-state index < -0.39 is 22.4 Å². The van der Waals surface area contributed by atoms with Gasteiger partial charge in [0.25, 0.3) is 0 Å². The van der Waals surface area contributed by atoms with E-state index in [1.54, 1.807) is 30.7 Å². The molecule has 4 heteroatoms. The first-order valence-electron chi connectivity index (χ1n) is 3.30. The fraction of sp³-hybridized carbons (Fsp3) is 0.250. The van der Waals surface area contributed by atoms with Crippen molar-refractivity contribution in [3.63, 3.8) is 0 Å². The van der Waals surface area contributed by atoms with Crippen LogP contribution >= 0.6 is 0 Å². The van der Waals surface area contributed by atoms with E-state index in [-0.39, 0.29) is 0 Å².